The molecule has 1 saturated heterocycles. The lowest BCUT2D eigenvalue weighted by atomic mass is 9.98. The summed E-state index contributed by atoms with van der Waals surface area (Å²) in [4.78, 5) is 16.7. The molecule has 2 heterocycles. The van der Waals surface area contributed by atoms with Crippen molar-refractivity contribution >= 4 is 11.5 Å². The van der Waals surface area contributed by atoms with Gasteiger partial charge in [-0.1, -0.05) is 0 Å². The summed E-state index contributed by atoms with van der Waals surface area (Å²) in [5.74, 6) is 0.876. The minimum Gasteiger partial charge on any atom is -0.351 e. The smallest absolute Gasteiger partial charge is 0.311 e. The summed E-state index contributed by atoms with van der Waals surface area (Å²) in [7, 11) is 0. The summed E-state index contributed by atoms with van der Waals surface area (Å²) < 4.78 is 0. The van der Waals surface area contributed by atoms with Crippen LogP contribution in [0.4, 0.5) is 11.5 Å². The van der Waals surface area contributed by atoms with Crippen LogP contribution >= 0.6 is 0 Å². The van der Waals surface area contributed by atoms with Crippen molar-refractivity contribution in [2.24, 2.45) is 11.7 Å². The van der Waals surface area contributed by atoms with Crippen molar-refractivity contribution < 1.29 is 4.92 Å². The molecular weight excluding hydrogens is 220 g/mol. The van der Waals surface area contributed by atoms with E-state index in [1.807, 2.05) is 4.90 Å². The van der Waals surface area contributed by atoms with Crippen molar-refractivity contribution in [1.29, 1.82) is 0 Å². The van der Waals surface area contributed by atoms with Gasteiger partial charge in [0.25, 0.3) is 0 Å². The maximum atomic E-state index is 10.9. The summed E-state index contributed by atoms with van der Waals surface area (Å²) in [6.07, 6.45) is 3.69. The minimum absolute atomic E-state index is 0.0742. The Balaban J connectivity index is 2.24. The van der Waals surface area contributed by atoms with Crippen LogP contribution in [0.1, 0.15) is 12.8 Å². The lowest BCUT2D eigenvalue weighted by molar-refractivity contribution is -0.384. The molecule has 2 N–H and O–H groups in total. The van der Waals surface area contributed by atoms with Gasteiger partial charge in [-0.3, -0.25) is 10.1 Å². The molecule has 0 amide bonds. The Bertz CT molecular complexity index is 410. The monoisotopic (exact) mass is 236 g/mol. The van der Waals surface area contributed by atoms with E-state index in [-0.39, 0.29) is 10.6 Å². The number of anilines is 1. The van der Waals surface area contributed by atoms with Crippen molar-refractivity contribution in [2.45, 2.75) is 12.8 Å². The zero-order valence-electron chi connectivity index (χ0n) is 9.58. The van der Waals surface area contributed by atoms with Crippen LogP contribution < -0.4 is 10.6 Å². The fourth-order valence-electron chi connectivity index (χ4n) is 2.22. The van der Waals surface area contributed by atoms with Crippen molar-refractivity contribution in [2.75, 3.05) is 24.5 Å². The van der Waals surface area contributed by atoms with E-state index in [1.165, 1.54) is 6.07 Å². The molecule has 92 valence electrons. The van der Waals surface area contributed by atoms with Crippen LogP contribution in [0.3, 0.4) is 0 Å². The van der Waals surface area contributed by atoms with Crippen LogP contribution in [-0.2, 0) is 0 Å². The molecule has 6 heteroatoms. The fraction of sp³-hybridized carbons (Fsp3) is 0.545. The van der Waals surface area contributed by atoms with Gasteiger partial charge in [0, 0.05) is 25.4 Å². The number of hydrogen-bond acceptors (Lipinski definition) is 5. The van der Waals surface area contributed by atoms with E-state index in [2.05, 4.69) is 4.98 Å². The molecule has 17 heavy (non-hydrogen) atoms. The Kier molecular flexibility index (Phi) is 3.53. The summed E-state index contributed by atoms with van der Waals surface area (Å²) in [5, 5.41) is 10.9. The predicted molar refractivity (Wildman–Crippen MR) is 64.9 cm³/mol. The normalized spacial score (nSPS) is 20.3. The number of hydrogen-bond donors (Lipinski definition) is 1. The third-order valence-corrected chi connectivity index (χ3v) is 3.11. The topological polar surface area (TPSA) is 85.3 Å². The molecule has 0 bridgehead atoms. The molecule has 0 aliphatic carbocycles. The van der Waals surface area contributed by atoms with Gasteiger partial charge in [0.1, 0.15) is 0 Å². The third kappa shape index (κ3) is 2.52. The average molecular weight is 236 g/mol. The lowest BCUT2D eigenvalue weighted by Crippen LogP contribution is -2.39. The number of rotatable bonds is 3. The Morgan fingerprint density at radius 1 is 1.65 bits per heavy atom. The van der Waals surface area contributed by atoms with Crippen LogP contribution in [0.2, 0.25) is 0 Å². The van der Waals surface area contributed by atoms with Crippen molar-refractivity contribution in [3.05, 3.63) is 28.4 Å². The van der Waals surface area contributed by atoms with Crippen molar-refractivity contribution in [3.8, 4) is 0 Å². The van der Waals surface area contributed by atoms with E-state index in [0.717, 1.165) is 25.9 Å². The van der Waals surface area contributed by atoms with Crippen LogP contribution in [0.5, 0.6) is 0 Å². The number of nitrogens with zero attached hydrogens (tertiary/aromatic N) is 3. The Morgan fingerprint density at radius 2 is 2.47 bits per heavy atom. The molecule has 1 aliphatic heterocycles. The first kappa shape index (κ1) is 11.8. The van der Waals surface area contributed by atoms with Crippen LogP contribution in [-0.4, -0.2) is 29.5 Å². The highest BCUT2D eigenvalue weighted by atomic mass is 16.6. The van der Waals surface area contributed by atoms with E-state index in [9.17, 15) is 10.1 Å². The first-order valence-corrected chi connectivity index (χ1v) is 5.76. The highest BCUT2D eigenvalue weighted by Crippen LogP contribution is 2.28. The second-order valence-corrected chi connectivity index (χ2v) is 4.29. The molecule has 1 aromatic rings. The molecule has 0 spiro atoms. The standard InChI is InChI=1S/C11H16N4O2/c12-7-9-3-2-6-14(8-9)11-10(15(16)17)4-1-5-13-11/h1,4-5,9H,2-3,6-8,12H2/t9-/m1/s1. The Labute approximate surface area is 99.6 Å². The second-order valence-electron chi connectivity index (χ2n) is 4.29. The molecule has 0 aromatic carbocycles. The first-order chi connectivity index (χ1) is 8.22. The number of nitrogens with two attached hydrogens (primary N) is 1. The van der Waals surface area contributed by atoms with Gasteiger partial charge in [-0.05, 0) is 31.4 Å². The number of pyridine rings is 1. The van der Waals surface area contributed by atoms with Crippen LogP contribution in [0.15, 0.2) is 18.3 Å². The van der Waals surface area contributed by atoms with Gasteiger partial charge in [0.2, 0.25) is 5.82 Å². The van der Waals surface area contributed by atoms with Gasteiger partial charge < -0.3 is 10.6 Å². The maximum Gasteiger partial charge on any atom is 0.311 e. The Hall–Kier alpha value is -1.69. The quantitative estimate of drug-likeness (QED) is 0.628. The fourth-order valence-corrected chi connectivity index (χ4v) is 2.22. The molecule has 0 saturated carbocycles. The average Bonchev–Trinajstić information content (AvgIpc) is 2.39. The van der Waals surface area contributed by atoms with E-state index in [0.29, 0.717) is 18.3 Å². The molecule has 0 unspecified atom stereocenters. The second kappa shape index (κ2) is 5.09. The Morgan fingerprint density at radius 3 is 3.18 bits per heavy atom. The summed E-state index contributed by atoms with van der Waals surface area (Å²) in [6.45, 7) is 2.19. The van der Waals surface area contributed by atoms with Crippen molar-refractivity contribution in [3.63, 3.8) is 0 Å². The van der Waals surface area contributed by atoms with Crippen molar-refractivity contribution in [1.82, 2.24) is 4.98 Å². The highest BCUT2D eigenvalue weighted by Gasteiger charge is 2.25. The SMILES string of the molecule is NC[C@H]1CCCN(c2ncccc2[N+](=O)[O-])C1. The van der Waals surface area contributed by atoms with E-state index in [1.54, 1.807) is 12.3 Å². The molecule has 1 atom stereocenters. The van der Waals surface area contributed by atoms with Gasteiger partial charge in [-0.15, -0.1) is 0 Å². The molecule has 6 nitrogen and oxygen atoms in total. The molecule has 1 aromatic heterocycles. The van der Waals surface area contributed by atoms with Gasteiger partial charge in [0.05, 0.1) is 4.92 Å². The van der Waals surface area contributed by atoms with Crippen LogP contribution in [0, 0.1) is 16.0 Å². The minimum atomic E-state index is -0.381. The number of aromatic nitrogens is 1. The number of nitro groups is 1. The lowest BCUT2D eigenvalue weighted by Gasteiger charge is -2.32. The zero-order chi connectivity index (χ0) is 12.3. The summed E-state index contributed by atoms with van der Waals surface area (Å²) in [6, 6.07) is 3.08. The molecule has 1 aliphatic rings. The predicted octanol–water partition coefficient (Wildman–Crippen LogP) is 1.16. The molecule has 2 rings (SSSR count). The summed E-state index contributed by atoms with van der Waals surface area (Å²) >= 11 is 0. The zero-order valence-corrected chi connectivity index (χ0v) is 9.58. The van der Waals surface area contributed by atoms with E-state index in [4.69, 9.17) is 5.73 Å². The maximum absolute atomic E-state index is 10.9. The molecule has 0 radical (unpaired) electrons. The van der Waals surface area contributed by atoms with Gasteiger partial charge >= 0.3 is 5.69 Å². The van der Waals surface area contributed by atoms with Crippen LogP contribution in [0.25, 0.3) is 0 Å². The van der Waals surface area contributed by atoms with E-state index < -0.39 is 0 Å². The summed E-state index contributed by atoms with van der Waals surface area (Å²) in [5.41, 5.74) is 5.73. The number of piperidine rings is 1. The van der Waals surface area contributed by atoms with E-state index >= 15 is 0 Å². The van der Waals surface area contributed by atoms with Gasteiger partial charge in [-0.25, -0.2) is 4.98 Å². The molecular formula is C11H16N4O2. The molecule has 1 fully saturated rings. The van der Waals surface area contributed by atoms with Gasteiger partial charge in [-0.2, -0.15) is 0 Å². The largest absolute Gasteiger partial charge is 0.351 e. The first-order valence-electron chi connectivity index (χ1n) is 5.76. The highest BCUT2D eigenvalue weighted by molar-refractivity contribution is 5.57. The third-order valence-electron chi connectivity index (χ3n) is 3.11. The van der Waals surface area contributed by atoms with Gasteiger partial charge in [0.15, 0.2) is 0 Å².